The van der Waals surface area contributed by atoms with Crippen LogP contribution in [0.25, 0.3) is 10.8 Å². The Morgan fingerprint density at radius 1 is 1.26 bits per heavy atom. The number of nitrogens with zero attached hydrogens (tertiary/aromatic N) is 4. The Morgan fingerprint density at radius 3 is 2.57 bits per heavy atom. The minimum atomic E-state index is 0.143. The summed E-state index contributed by atoms with van der Waals surface area (Å²) in [7, 11) is 0. The molecule has 5 nitrogen and oxygen atoms in total. The number of carbonyl (C=O) groups excluding carboxylic acids is 1. The summed E-state index contributed by atoms with van der Waals surface area (Å²) < 4.78 is 0. The lowest BCUT2D eigenvalue weighted by atomic mass is 10.1. The summed E-state index contributed by atoms with van der Waals surface area (Å²) in [6.07, 6.45) is 8.17. The van der Waals surface area contributed by atoms with Crippen molar-refractivity contribution in [1.82, 2.24) is 19.9 Å². The van der Waals surface area contributed by atoms with Crippen molar-refractivity contribution < 1.29 is 4.79 Å². The highest BCUT2D eigenvalue weighted by molar-refractivity contribution is 7.17. The van der Waals surface area contributed by atoms with Crippen molar-refractivity contribution in [2.45, 2.75) is 51.6 Å². The summed E-state index contributed by atoms with van der Waals surface area (Å²) in [5.41, 5.74) is 0.788. The minimum Gasteiger partial charge on any atom is -0.332 e. The number of rotatable bonds is 5. The molecule has 2 aliphatic rings. The second-order valence-corrected chi connectivity index (χ2v) is 7.53. The molecule has 23 heavy (non-hydrogen) atoms. The highest BCUT2D eigenvalue weighted by Gasteiger charge is 2.42. The van der Waals surface area contributed by atoms with Gasteiger partial charge in [0.05, 0.1) is 5.69 Å². The van der Waals surface area contributed by atoms with Crippen LogP contribution in [0.1, 0.15) is 48.0 Å². The zero-order chi connectivity index (χ0) is 16.0. The Morgan fingerprint density at radius 2 is 1.96 bits per heavy atom. The molecule has 2 heterocycles. The van der Waals surface area contributed by atoms with E-state index in [1.807, 2.05) is 6.92 Å². The van der Waals surface area contributed by atoms with E-state index >= 15 is 0 Å². The van der Waals surface area contributed by atoms with Crippen LogP contribution in [0.2, 0.25) is 0 Å². The molecule has 0 radical (unpaired) electrons. The van der Waals surface area contributed by atoms with Crippen molar-refractivity contribution in [3.8, 4) is 10.8 Å². The van der Waals surface area contributed by atoms with E-state index in [1.165, 1.54) is 24.2 Å². The molecule has 0 bridgehead atoms. The second-order valence-electron chi connectivity index (χ2n) is 6.53. The van der Waals surface area contributed by atoms with Gasteiger partial charge in [-0.05, 0) is 51.5 Å². The third-order valence-electron chi connectivity index (χ3n) is 4.67. The van der Waals surface area contributed by atoms with E-state index in [4.69, 9.17) is 0 Å². The lowest BCUT2D eigenvalue weighted by Crippen LogP contribution is -2.41. The molecule has 0 aliphatic heterocycles. The fourth-order valence-electron chi connectivity index (χ4n) is 3.06. The van der Waals surface area contributed by atoms with Crippen molar-refractivity contribution in [2.24, 2.45) is 5.92 Å². The highest BCUT2D eigenvalue weighted by Crippen LogP contribution is 2.41. The number of carbonyl (C=O) groups is 1. The number of amides is 1. The zero-order valence-corrected chi connectivity index (χ0v) is 14.2. The Bertz CT molecular complexity index is 721. The van der Waals surface area contributed by atoms with Gasteiger partial charge in [0.1, 0.15) is 4.88 Å². The topological polar surface area (TPSA) is 59.0 Å². The van der Waals surface area contributed by atoms with Gasteiger partial charge in [-0.2, -0.15) is 0 Å². The maximum absolute atomic E-state index is 13.1. The quantitative estimate of drug-likeness (QED) is 0.845. The Labute approximate surface area is 139 Å². The minimum absolute atomic E-state index is 0.143. The van der Waals surface area contributed by atoms with Crippen LogP contribution in [0.4, 0.5) is 0 Å². The lowest BCUT2D eigenvalue weighted by molar-refractivity contribution is 0.0658. The van der Waals surface area contributed by atoms with Crippen LogP contribution in [-0.2, 0) is 0 Å². The zero-order valence-electron chi connectivity index (χ0n) is 13.4. The van der Waals surface area contributed by atoms with Crippen molar-refractivity contribution in [3.05, 3.63) is 29.0 Å². The first-order valence-corrected chi connectivity index (χ1v) is 9.04. The first-order valence-electron chi connectivity index (χ1n) is 8.22. The third kappa shape index (κ3) is 2.87. The number of thiazole rings is 1. The fraction of sp³-hybridized carbons (Fsp3) is 0.529. The van der Waals surface area contributed by atoms with Gasteiger partial charge in [-0.1, -0.05) is 0 Å². The van der Waals surface area contributed by atoms with E-state index in [9.17, 15) is 4.79 Å². The molecule has 2 saturated carbocycles. The van der Waals surface area contributed by atoms with Crippen LogP contribution in [-0.4, -0.2) is 37.8 Å². The van der Waals surface area contributed by atoms with Crippen LogP contribution in [0.15, 0.2) is 18.5 Å². The maximum atomic E-state index is 13.1. The van der Waals surface area contributed by atoms with Crippen molar-refractivity contribution in [3.63, 3.8) is 0 Å². The Hall–Kier alpha value is -1.82. The molecule has 120 valence electrons. The van der Waals surface area contributed by atoms with Gasteiger partial charge in [0, 0.05) is 24.5 Å². The Kier molecular flexibility index (Phi) is 3.64. The molecule has 2 aromatic heterocycles. The predicted molar refractivity (Wildman–Crippen MR) is 89.3 cm³/mol. The molecule has 2 fully saturated rings. The van der Waals surface area contributed by atoms with Gasteiger partial charge in [-0.15, -0.1) is 11.3 Å². The van der Waals surface area contributed by atoms with E-state index in [0.717, 1.165) is 28.4 Å². The molecule has 2 aliphatic carbocycles. The standard InChI is InChI=1S/C17H20N4OS/c1-10-14(23-16(20-10)15-18-8-3-9-19-15)17(22)21(13-6-7-13)11(2)12-4-5-12/h3,8-9,11-13H,4-7H2,1-2H3/t11-/m1/s1. The average molecular weight is 328 g/mol. The first kappa shape index (κ1) is 14.8. The number of aryl methyl sites for hydroxylation is 1. The number of hydrogen-bond donors (Lipinski definition) is 0. The number of aromatic nitrogens is 3. The number of hydrogen-bond acceptors (Lipinski definition) is 5. The van der Waals surface area contributed by atoms with Gasteiger partial charge in [-0.3, -0.25) is 4.79 Å². The predicted octanol–water partition coefficient (Wildman–Crippen LogP) is 3.31. The molecule has 2 aromatic rings. The second kappa shape index (κ2) is 5.67. The van der Waals surface area contributed by atoms with E-state index in [2.05, 4.69) is 26.8 Å². The summed E-state index contributed by atoms with van der Waals surface area (Å²) in [6, 6.07) is 2.55. The summed E-state index contributed by atoms with van der Waals surface area (Å²) in [6.45, 7) is 4.11. The molecule has 0 saturated heterocycles. The largest absolute Gasteiger partial charge is 0.332 e. The molecule has 0 unspecified atom stereocenters. The molecule has 1 amide bonds. The summed E-state index contributed by atoms with van der Waals surface area (Å²) in [5.74, 6) is 1.42. The fourth-order valence-corrected chi connectivity index (χ4v) is 4.02. The average Bonchev–Trinajstić information content (AvgIpc) is 3.46. The molecule has 1 atom stereocenters. The van der Waals surface area contributed by atoms with Crippen LogP contribution in [0, 0.1) is 12.8 Å². The molecular formula is C17H20N4OS. The molecule has 0 spiro atoms. The first-order chi connectivity index (χ1) is 11.1. The van der Waals surface area contributed by atoms with Gasteiger partial charge < -0.3 is 4.90 Å². The molecule has 0 N–H and O–H groups in total. The van der Waals surface area contributed by atoms with Crippen LogP contribution in [0.3, 0.4) is 0 Å². The van der Waals surface area contributed by atoms with Crippen LogP contribution in [0.5, 0.6) is 0 Å². The van der Waals surface area contributed by atoms with Crippen LogP contribution >= 0.6 is 11.3 Å². The van der Waals surface area contributed by atoms with Crippen molar-refractivity contribution in [2.75, 3.05) is 0 Å². The summed E-state index contributed by atoms with van der Waals surface area (Å²) >= 11 is 1.42. The molecule has 6 heteroatoms. The van der Waals surface area contributed by atoms with Gasteiger partial charge in [0.15, 0.2) is 10.8 Å². The molecule has 4 rings (SSSR count). The summed E-state index contributed by atoms with van der Waals surface area (Å²) in [4.78, 5) is 29.0. The van der Waals surface area contributed by atoms with Crippen molar-refractivity contribution >= 4 is 17.2 Å². The highest BCUT2D eigenvalue weighted by atomic mass is 32.1. The van der Waals surface area contributed by atoms with E-state index < -0.39 is 0 Å². The SMILES string of the molecule is Cc1nc(-c2ncccn2)sc1C(=O)N(C1CC1)[C@H](C)C1CC1. The van der Waals surface area contributed by atoms with Gasteiger partial charge in [-0.25, -0.2) is 15.0 Å². The van der Waals surface area contributed by atoms with Gasteiger partial charge in [0.2, 0.25) is 0 Å². The van der Waals surface area contributed by atoms with E-state index in [1.54, 1.807) is 18.5 Å². The van der Waals surface area contributed by atoms with Crippen molar-refractivity contribution in [1.29, 1.82) is 0 Å². The smallest absolute Gasteiger partial charge is 0.266 e. The van der Waals surface area contributed by atoms with Crippen LogP contribution < -0.4 is 0 Å². The summed E-state index contributed by atoms with van der Waals surface area (Å²) in [5, 5.41) is 0.723. The monoisotopic (exact) mass is 328 g/mol. The van der Waals surface area contributed by atoms with Gasteiger partial charge >= 0.3 is 0 Å². The third-order valence-corrected chi connectivity index (χ3v) is 5.81. The lowest BCUT2D eigenvalue weighted by Gasteiger charge is -2.29. The molecule has 0 aromatic carbocycles. The van der Waals surface area contributed by atoms with E-state index in [-0.39, 0.29) is 5.91 Å². The van der Waals surface area contributed by atoms with E-state index in [0.29, 0.717) is 23.8 Å². The maximum Gasteiger partial charge on any atom is 0.266 e. The Balaban J connectivity index is 1.63. The molecular weight excluding hydrogens is 308 g/mol. The van der Waals surface area contributed by atoms with Gasteiger partial charge in [0.25, 0.3) is 5.91 Å². The normalized spacial score (nSPS) is 18.7.